The molecule has 0 saturated heterocycles. The van der Waals surface area contributed by atoms with Gasteiger partial charge in [-0.2, -0.15) is 5.10 Å². The van der Waals surface area contributed by atoms with Gasteiger partial charge >= 0.3 is 0 Å². The lowest BCUT2D eigenvalue weighted by atomic mass is 9.92. The second-order valence-electron chi connectivity index (χ2n) is 7.69. The van der Waals surface area contributed by atoms with Crippen LogP contribution in [-0.2, 0) is 6.42 Å². The molecule has 0 aliphatic carbocycles. The first kappa shape index (κ1) is 19.1. The molecule has 6 nitrogen and oxygen atoms in total. The number of pyridine rings is 1. The third kappa shape index (κ3) is 3.26. The van der Waals surface area contributed by atoms with Gasteiger partial charge in [0.2, 0.25) is 5.88 Å². The van der Waals surface area contributed by atoms with Gasteiger partial charge in [0, 0.05) is 17.8 Å². The number of carbonyl (C=O) groups is 1. The highest BCUT2D eigenvalue weighted by molar-refractivity contribution is 6.10. The van der Waals surface area contributed by atoms with Gasteiger partial charge in [0.25, 0.3) is 5.91 Å². The van der Waals surface area contributed by atoms with E-state index in [1.807, 2.05) is 6.92 Å². The van der Waals surface area contributed by atoms with Crippen LogP contribution in [0.2, 0.25) is 0 Å². The fourth-order valence-electron chi connectivity index (χ4n) is 3.92. The molecule has 1 amide bonds. The number of hydrogen-bond donors (Lipinski definition) is 1. The van der Waals surface area contributed by atoms with Crippen LogP contribution < -0.4 is 9.64 Å². The molecule has 0 bridgehead atoms. The van der Waals surface area contributed by atoms with E-state index in [4.69, 9.17) is 4.74 Å². The van der Waals surface area contributed by atoms with Crippen LogP contribution in [-0.4, -0.2) is 28.2 Å². The van der Waals surface area contributed by atoms with Gasteiger partial charge < -0.3 is 4.74 Å². The first-order valence-corrected chi connectivity index (χ1v) is 9.57. The van der Waals surface area contributed by atoms with Crippen molar-refractivity contribution in [2.24, 2.45) is 5.92 Å². The maximum atomic E-state index is 13.8. The lowest BCUT2D eigenvalue weighted by Crippen LogP contribution is -2.30. The lowest BCUT2D eigenvalue weighted by Gasteiger charge is -2.28. The van der Waals surface area contributed by atoms with Gasteiger partial charge in [0.1, 0.15) is 11.5 Å². The molecule has 0 spiro atoms. The second kappa shape index (κ2) is 7.31. The summed E-state index contributed by atoms with van der Waals surface area (Å²) in [6.45, 7) is 6.08. The van der Waals surface area contributed by atoms with Gasteiger partial charge in [0.15, 0.2) is 0 Å². The Morgan fingerprint density at radius 1 is 1.28 bits per heavy atom. The Hall–Kier alpha value is -3.22. The molecule has 1 unspecified atom stereocenters. The normalized spacial score (nSPS) is 15.9. The summed E-state index contributed by atoms with van der Waals surface area (Å²) < 4.78 is 19.0. The molecule has 1 aromatic carbocycles. The first-order valence-electron chi connectivity index (χ1n) is 9.57. The van der Waals surface area contributed by atoms with E-state index in [-0.39, 0.29) is 11.7 Å². The molecule has 1 atom stereocenters. The summed E-state index contributed by atoms with van der Waals surface area (Å²) in [6, 6.07) is 7.76. The minimum absolute atomic E-state index is 0.176. The van der Waals surface area contributed by atoms with E-state index < -0.39 is 6.04 Å². The van der Waals surface area contributed by atoms with Crippen molar-refractivity contribution in [2.75, 3.05) is 12.0 Å². The molecule has 1 aliphatic heterocycles. The fraction of sp³-hybridized carbons (Fsp3) is 0.318. The Morgan fingerprint density at radius 3 is 2.76 bits per heavy atom. The van der Waals surface area contributed by atoms with E-state index >= 15 is 0 Å². The van der Waals surface area contributed by atoms with E-state index in [1.54, 1.807) is 29.3 Å². The summed E-state index contributed by atoms with van der Waals surface area (Å²) in [7, 11) is 1.53. The molecule has 3 aromatic rings. The van der Waals surface area contributed by atoms with E-state index in [9.17, 15) is 9.18 Å². The van der Waals surface area contributed by atoms with E-state index in [1.165, 1.54) is 19.2 Å². The maximum Gasteiger partial charge on any atom is 0.277 e. The van der Waals surface area contributed by atoms with Crippen molar-refractivity contribution >= 4 is 11.6 Å². The average molecular weight is 394 g/mol. The number of carbonyl (C=O) groups excluding carboxylic acids is 1. The van der Waals surface area contributed by atoms with Crippen LogP contribution in [0.3, 0.4) is 0 Å². The number of anilines is 1. The number of methoxy groups -OCH3 is 1. The van der Waals surface area contributed by atoms with Crippen molar-refractivity contribution in [3.05, 3.63) is 70.4 Å². The largest absolute Gasteiger partial charge is 0.481 e. The number of hydrogen-bond acceptors (Lipinski definition) is 4. The molecule has 4 rings (SSSR count). The Kier molecular flexibility index (Phi) is 4.82. The monoisotopic (exact) mass is 394 g/mol. The number of ether oxygens (including phenoxy) is 1. The summed E-state index contributed by atoms with van der Waals surface area (Å²) >= 11 is 0. The van der Waals surface area contributed by atoms with Gasteiger partial charge in [-0.25, -0.2) is 9.37 Å². The molecule has 3 heterocycles. The molecule has 29 heavy (non-hydrogen) atoms. The molecule has 7 heteroatoms. The van der Waals surface area contributed by atoms with Crippen LogP contribution in [0.15, 0.2) is 36.5 Å². The third-order valence-electron chi connectivity index (χ3n) is 5.18. The minimum Gasteiger partial charge on any atom is -0.481 e. The molecule has 0 fully saturated rings. The summed E-state index contributed by atoms with van der Waals surface area (Å²) in [5, 5.41) is 7.37. The Balaban J connectivity index is 1.92. The summed E-state index contributed by atoms with van der Waals surface area (Å²) in [5.41, 5.74) is 4.50. The number of amides is 1. The van der Waals surface area contributed by atoms with Gasteiger partial charge in [-0.05, 0) is 48.6 Å². The standard InChI is InChI=1S/C22H23FN4O2/c1-12(2)9-17-19-20(26-25-17)22(28)27(15-7-8-24-18(11-15)29-4)21(19)16-6-5-14(23)10-13(16)3/h5-8,10-12,21H,9H2,1-4H3,(H,25,26). The average Bonchev–Trinajstić information content (AvgIpc) is 3.21. The smallest absolute Gasteiger partial charge is 0.277 e. The number of halogens is 1. The van der Waals surface area contributed by atoms with Crippen LogP contribution in [0.4, 0.5) is 10.1 Å². The third-order valence-corrected chi connectivity index (χ3v) is 5.18. The van der Waals surface area contributed by atoms with Crippen molar-refractivity contribution in [3.63, 3.8) is 0 Å². The Labute approximate surface area is 168 Å². The maximum absolute atomic E-state index is 13.8. The molecule has 1 N–H and O–H groups in total. The predicted molar refractivity (Wildman–Crippen MR) is 108 cm³/mol. The first-order chi connectivity index (χ1) is 13.9. The van der Waals surface area contributed by atoms with Gasteiger partial charge in [-0.1, -0.05) is 19.9 Å². The van der Waals surface area contributed by atoms with E-state index in [0.717, 1.165) is 28.8 Å². The van der Waals surface area contributed by atoms with Crippen molar-refractivity contribution in [2.45, 2.75) is 33.2 Å². The number of nitrogens with one attached hydrogen (secondary N) is 1. The number of fused-ring (bicyclic) bond motifs is 1. The van der Waals surface area contributed by atoms with Gasteiger partial charge in [-0.15, -0.1) is 0 Å². The number of aromatic amines is 1. The molecule has 1 aliphatic rings. The fourth-order valence-corrected chi connectivity index (χ4v) is 3.92. The highest BCUT2D eigenvalue weighted by Crippen LogP contribution is 2.44. The van der Waals surface area contributed by atoms with Crippen molar-refractivity contribution in [3.8, 4) is 5.88 Å². The van der Waals surface area contributed by atoms with Crippen LogP contribution in [0, 0.1) is 18.7 Å². The predicted octanol–water partition coefficient (Wildman–Crippen LogP) is 4.21. The Morgan fingerprint density at radius 2 is 2.07 bits per heavy atom. The highest BCUT2D eigenvalue weighted by atomic mass is 19.1. The highest BCUT2D eigenvalue weighted by Gasteiger charge is 2.43. The molecule has 0 saturated carbocycles. The summed E-state index contributed by atoms with van der Waals surface area (Å²) in [6.07, 6.45) is 2.35. The number of aromatic nitrogens is 3. The van der Waals surface area contributed by atoms with Gasteiger partial charge in [0.05, 0.1) is 24.5 Å². The van der Waals surface area contributed by atoms with Gasteiger partial charge in [-0.3, -0.25) is 14.8 Å². The minimum atomic E-state index is -0.405. The SMILES string of the molecule is COc1cc(N2C(=O)c3[nH]nc(CC(C)C)c3C2c2ccc(F)cc2C)ccn1. The molecule has 0 radical (unpaired) electrons. The van der Waals surface area contributed by atoms with Crippen LogP contribution in [0.5, 0.6) is 5.88 Å². The van der Waals surface area contributed by atoms with E-state index in [0.29, 0.717) is 23.2 Å². The molecule has 150 valence electrons. The summed E-state index contributed by atoms with van der Waals surface area (Å²) in [4.78, 5) is 19.2. The molecular formula is C22H23FN4O2. The number of aryl methyl sites for hydroxylation is 1. The zero-order chi connectivity index (χ0) is 20.7. The number of benzene rings is 1. The lowest BCUT2D eigenvalue weighted by molar-refractivity contribution is 0.0988. The van der Waals surface area contributed by atoms with Crippen molar-refractivity contribution in [1.29, 1.82) is 0 Å². The number of H-pyrrole nitrogens is 1. The molecular weight excluding hydrogens is 371 g/mol. The number of rotatable bonds is 5. The molecule has 2 aromatic heterocycles. The van der Waals surface area contributed by atoms with Crippen LogP contribution >= 0.6 is 0 Å². The van der Waals surface area contributed by atoms with Crippen LogP contribution in [0.25, 0.3) is 0 Å². The topological polar surface area (TPSA) is 71.1 Å². The van der Waals surface area contributed by atoms with E-state index in [2.05, 4.69) is 29.0 Å². The second-order valence-corrected chi connectivity index (χ2v) is 7.69. The Bertz CT molecular complexity index is 1080. The number of nitrogens with zero attached hydrogens (tertiary/aromatic N) is 3. The van der Waals surface area contributed by atoms with Crippen LogP contribution in [0.1, 0.15) is 52.8 Å². The van der Waals surface area contributed by atoms with Crippen molar-refractivity contribution in [1.82, 2.24) is 15.2 Å². The summed E-state index contributed by atoms with van der Waals surface area (Å²) in [5.74, 6) is 0.315. The zero-order valence-electron chi connectivity index (χ0n) is 16.9. The zero-order valence-corrected chi connectivity index (χ0v) is 16.9. The quantitative estimate of drug-likeness (QED) is 0.704. The van der Waals surface area contributed by atoms with Crippen molar-refractivity contribution < 1.29 is 13.9 Å².